The van der Waals surface area contributed by atoms with Crippen LogP contribution in [0.25, 0.3) is 0 Å². The van der Waals surface area contributed by atoms with Crippen molar-refractivity contribution in [2.24, 2.45) is 0 Å². The van der Waals surface area contributed by atoms with E-state index in [9.17, 15) is 21.6 Å². The average Bonchev–Trinajstić information content (AvgIpc) is 3.42. The molecule has 38 heavy (non-hydrogen) atoms. The van der Waals surface area contributed by atoms with Gasteiger partial charge in [-0.15, -0.1) is 5.10 Å². The van der Waals surface area contributed by atoms with Crippen molar-refractivity contribution in [2.45, 2.75) is 38.8 Å². The SMILES string of the molecule is Cc1cccc(CN2CCN(C3CN(Cc4cn(Cc5ccc(C(F)(F)F)cc5)nn4)S(=O)(=O)C3)CC2)c1. The first-order chi connectivity index (χ1) is 18.0. The summed E-state index contributed by atoms with van der Waals surface area (Å²) in [5, 5.41) is 8.13. The Morgan fingerprint density at radius 1 is 0.947 bits per heavy atom. The van der Waals surface area contributed by atoms with E-state index in [0.717, 1.165) is 44.9 Å². The quantitative estimate of drug-likeness (QED) is 0.452. The summed E-state index contributed by atoms with van der Waals surface area (Å²) in [6.45, 7) is 7.19. The van der Waals surface area contributed by atoms with E-state index < -0.39 is 21.8 Å². The third kappa shape index (κ3) is 6.42. The summed E-state index contributed by atoms with van der Waals surface area (Å²) in [6, 6.07) is 13.3. The Morgan fingerprint density at radius 3 is 2.37 bits per heavy atom. The molecule has 8 nitrogen and oxygen atoms in total. The lowest BCUT2D eigenvalue weighted by atomic mass is 10.1. The van der Waals surface area contributed by atoms with Crippen molar-refractivity contribution in [3.8, 4) is 0 Å². The number of benzene rings is 2. The summed E-state index contributed by atoms with van der Waals surface area (Å²) in [5.41, 5.74) is 2.98. The molecule has 204 valence electrons. The zero-order valence-electron chi connectivity index (χ0n) is 21.2. The monoisotopic (exact) mass is 548 g/mol. The van der Waals surface area contributed by atoms with Gasteiger partial charge in [-0.05, 0) is 30.2 Å². The molecule has 5 rings (SSSR count). The van der Waals surface area contributed by atoms with E-state index >= 15 is 0 Å². The molecule has 2 aromatic carbocycles. The van der Waals surface area contributed by atoms with Crippen molar-refractivity contribution in [3.05, 3.63) is 82.7 Å². The number of alkyl halides is 3. The first kappa shape index (κ1) is 26.8. The zero-order chi connectivity index (χ0) is 26.9. The molecule has 2 aliphatic rings. The molecule has 0 radical (unpaired) electrons. The smallest absolute Gasteiger partial charge is 0.297 e. The predicted molar refractivity (Wildman–Crippen MR) is 137 cm³/mol. The summed E-state index contributed by atoms with van der Waals surface area (Å²) in [6.07, 6.45) is -2.74. The molecule has 0 bridgehead atoms. The lowest BCUT2D eigenvalue weighted by molar-refractivity contribution is -0.137. The predicted octanol–water partition coefficient (Wildman–Crippen LogP) is 2.99. The van der Waals surface area contributed by atoms with E-state index in [-0.39, 0.29) is 24.9 Å². The number of hydrogen-bond donors (Lipinski definition) is 0. The van der Waals surface area contributed by atoms with Crippen LogP contribution in [0.4, 0.5) is 13.2 Å². The van der Waals surface area contributed by atoms with Crippen molar-refractivity contribution in [3.63, 3.8) is 0 Å². The van der Waals surface area contributed by atoms with Crippen LogP contribution in [0.15, 0.2) is 54.7 Å². The molecule has 3 aromatic rings. The molecule has 2 aliphatic heterocycles. The lowest BCUT2D eigenvalue weighted by Crippen LogP contribution is -2.51. The molecule has 2 saturated heterocycles. The van der Waals surface area contributed by atoms with Crippen molar-refractivity contribution in [2.75, 3.05) is 38.5 Å². The van der Waals surface area contributed by atoms with Crippen LogP contribution in [0.2, 0.25) is 0 Å². The second kappa shape index (κ2) is 10.8. The Kier molecular flexibility index (Phi) is 7.58. The summed E-state index contributed by atoms with van der Waals surface area (Å²) in [5.74, 6) is 0.0879. The maximum atomic E-state index is 12.9. The maximum absolute atomic E-state index is 12.9. The molecule has 1 atom stereocenters. The number of rotatable bonds is 7. The molecular weight excluding hydrogens is 517 g/mol. The molecule has 0 saturated carbocycles. The van der Waals surface area contributed by atoms with E-state index in [1.807, 2.05) is 0 Å². The van der Waals surface area contributed by atoms with Crippen LogP contribution in [-0.4, -0.2) is 82.0 Å². The van der Waals surface area contributed by atoms with Crippen molar-refractivity contribution >= 4 is 10.0 Å². The van der Waals surface area contributed by atoms with Gasteiger partial charge in [0.15, 0.2) is 0 Å². The molecular formula is C26H31F3N6O2S. The lowest BCUT2D eigenvalue weighted by Gasteiger charge is -2.37. The van der Waals surface area contributed by atoms with Crippen LogP contribution in [0.5, 0.6) is 0 Å². The Morgan fingerprint density at radius 2 is 1.68 bits per heavy atom. The van der Waals surface area contributed by atoms with Crippen LogP contribution < -0.4 is 0 Å². The summed E-state index contributed by atoms with van der Waals surface area (Å²) >= 11 is 0. The van der Waals surface area contributed by atoms with Gasteiger partial charge in [-0.25, -0.2) is 13.1 Å². The Balaban J connectivity index is 1.14. The van der Waals surface area contributed by atoms with Gasteiger partial charge >= 0.3 is 6.18 Å². The molecule has 0 aliphatic carbocycles. The third-order valence-corrected chi connectivity index (χ3v) is 9.04. The number of aryl methyl sites for hydroxylation is 1. The fourth-order valence-electron chi connectivity index (χ4n) is 5.14. The Bertz CT molecular complexity index is 1350. The summed E-state index contributed by atoms with van der Waals surface area (Å²) in [4.78, 5) is 4.67. The Labute approximate surface area is 220 Å². The highest BCUT2D eigenvalue weighted by Gasteiger charge is 2.40. The fraction of sp³-hybridized carbons (Fsp3) is 0.462. The van der Waals surface area contributed by atoms with Crippen LogP contribution in [0.3, 0.4) is 0 Å². The standard InChI is InChI=1S/C26H31F3N6O2S/c1-20-3-2-4-22(13-20)14-32-9-11-33(12-10-32)25-18-35(38(36,37)19-25)17-24-16-34(31-30-24)15-21-5-7-23(8-6-21)26(27,28)29/h2-8,13,16,25H,9-12,14-15,17-19H2,1H3. The van der Waals surface area contributed by atoms with Gasteiger partial charge in [0, 0.05) is 45.3 Å². The molecule has 1 aromatic heterocycles. The number of hydrogen-bond acceptors (Lipinski definition) is 6. The van der Waals surface area contributed by atoms with Gasteiger partial charge in [-0.2, -0.15) is 17.5 Å². The molecule has 0 amide bonds. The van der Waals surface area contributed by atoms with Crippen LogP contribution in [-0.2, 0) is 35.8 Å². The first-order valence-corrected chi connectivity index (χ1v) is 14.2. The van der Waals surface area contributed by atoms with Gasteiger partial charge in [0.05, 0.1) is 36.3 Å². The molecule has 1 unspecified atom stereocenters. The van der Waals surface area contributed by atoms with E-state index in [0.29, 0.717) is 17.8 Å². The van der Waals surface area contributed by atoms with Crippen molar-refractivity contribution in [1.29, 1.82) is 0 Å². The minimum absolute atomic E-state index is 0.0664. The minimum Gasteiger partial charge on any atom is -0.297 e. The summed E-state index contributed by atoms with van der Waals surface area (Å²) in [7, 11) is -3.42. The third-order valence-electron chi connectivity index (χ3n) is 7.17. The highest BCUT2D eigenvalue weighted by molar-refractivity contribution is 7.89. The number of halogens is 3. The number of piperazine rings is 1. The van der Waals surface area contributed by atoms with Crippen LogP contribution in [0.1, 0.15) is 27.9 Å². The topological polar surface area (TPSA) is 74.6 Å². The number of nitrogens with zero attached hydrogens (tertiary/aromatic N) is 6. The summed E-state index contributed by atoms with van der Waals surface area (Å²) < 4.78 is 67.1. The van der Waals surface area contributed by atoms with Gasteiger partial charge in [0.2, 0.25) is 10.0 Å². The van der Waals surface area contributed by atoms with Gasteiger partial charge in [-0.3, -0.25) is 9.80 Å². The largest absolute Gasteiger partial charge is 0.416 e. The zero-order valence-corrected chi connectivity index (χ0v) is 22.0. The van der Waals surface area contributed by atoms with Crippen LogP contribution >= 0.6 is 0 Å². The average molecular weight is 549 g/mol. The maximum Gasteiger partial charge on any atom is 0.416 e. The fourth-order valence-corrected chi connectivity index (χ4v) is 6.89. The van der Waals surface area contributed by atoms with E-state index in [2.05, 4.69) is 51.3 Å². The highest BCUT2D eigenvalue weighted by atomic mass is 32.2. The van der Waals surface area contributed by atoms with Gasteiger partial charge in [-0.1, -0.05) is 47.2 Å². The van der Waals surface area contributed by atoms with Gasteiger partial charge in [0.1, 0.15) is 0 Å². The van der Waals surface area contributed by atoms with E-state index in [4.69, 9.17) is 0 Å². The minimum atomic E-state index is -4.38. The molecule has 12 heteroatoms. The number of sulfonamides is 1. The van der Waals surface area contributed by atoms with Crippen LogP contribution in [0, 0.1) is 6.92 Å². The van der Waals surface area contributed by atoms with Gasteiger partial charge in [0.25, 0.3) is 0 Å². The van der Waals surface area contributed by atoms with Gasteiger partial charge < -0.3 is 0 Å². The van der Waals surface area contributed by atoms with E-state index in [1.54, 1.807) is 6.20 Å². The second-order valence-corrected chi connectivity index (χ2v) is 12.1. The number of aromatic nitrogens is 3. The van der Waals surface area contributed by atoms with Crippen molar-refractivity contribution in [1.82, 2.24) is 29.1 Å². The van der Waals surface area contributed by atoms with Crippen molar-refractivity contribution < 1.29 is 21.6 Å². The molecule has 0 spiro atoms. The first-order valence-electron chi connectivity index (χ1n) is 12.6. The Hall–Kier alpha value is -2.80. The molecule has 2 fully saturated rings. The molecule has 0 N–H and O–H groups in total. The second-order valence-electron chi connectivity index (χ2n) is 10.1. The molecule has 3 heterocycles. The highest BCUT2D eigenvalue weighted by Crippen LogP contribution is 2.29. The van der Waals surface area contributed by atoms with E-state index in [1.165, 1.54) is 32.2 Å². The normalized spacial score (nSPS) is 21.2.